The Morgan fingerprint density at radius 1 is 1.07 bits per heavy atom. The Morgan fingerprint density at radius 2 is 1.83 bits per heavy atom. The van der Waals surface area contributed by atoms with E-state index in [1.54, 1.807) is 36.4 Å². The van der Waals surface area contributed by atoms with Gasteiger partial charge in [0.1, 0.15) is 6.04 Å². The molecule has 0 fully saturated rings. The van der Waals surface area contributed by atoms with Crippen molar-refractivity contribution in [2.75, 3.05) is 18.8 Å². The Morgan fingerprint density at radius 3 is 2.48 bits per heavy atom. The van der Waals surface area contributed by atoms with E-state index in [-0.39, 0.29) is 17.7 Å². The zero-order chi connectivity index (χ0) is 21.1. The molecule has 0 saturated carbocycles. The largest absolute Gasteiger partial charge is 0.399 e. The summed E-state index contributed by atoms with van der Waals surface area (Å²) in [7, 11) is 0. The highest BCUT2D eigenvalue weighted by molar-refractivity contribution is 7.12. The van der Waals surface area contributed by atoms with Gasteiger partial charge in [-0.15, -0.1) is 17.9 Å². The van der Waals surface area contributed by atoms with Crippen molar-refractivity contribution in [3.63, 3.8) is 0 Å². The van der Waals surface area contributed by atoms with Crippen molar-refractivity contribution in [2.45, 2.75) is 25.3 Å². The number of rotatable bonds is 11. The molecule has 1 aromatic heterocycles. The highest BCUT2D eigenvalue weighted by atomic mass is 32.1. The fourth-order valence-corrected chi connectivity index (χ4v) is 3.25. The van der Waals surface area contributed by atoms with E-state index in [2.05, 4.69) is 22.5 Å². The van der Waals surface area contributed by atoms with Gasteiger partial charge in [0.25, 0.3) is 11.8 Å². The number of nitrogen functional groups attached to an aromatic ring is 1. The van der Waals surface area contributed by atoms with Crippen molar-refractivity contribution in [3.8, 4) is 0 Å². The summed E-state index contributed by atoms with van der Waals surface area (Å²) in [5, 5.41) is 10.2. The lowest BCUT2D eigenvalue weighted by Crippen LogP contribution is -2.46. The first-order valence-corrected chi connectivity index (χ1v) is 10.3. The van der Waals surface area contributed by atoms with Crippen LogP contribution < -0.4 is 21.7 Å². The van der Waals surface area contributed by atoms with Gasteiger partial charge in [0.05, 0.1) is 4.88 Å². The van der Waals surface area contributed by atoms with E-state index < -0.39 is 6.04 Å². The number of carbonyl (C=O) groups is 3. The fourth-order valence-electron chi connectivity index (χ4n) is 2.61. The van der Waals surface area contributed by atoms with Gasteiger partial charge < -0.3 is 21.7 Å². The summed E-state index contributed by atoms with van der Waals surface area (Å²) in [6, 6.07) is 9.43. The molecule has 29 heavy (non-hydrogen) atoms. The van der Waals surface area contributed by atoms with Crippen LogP contribution in [0.25, 0.3) is 0 Å². The maximum absolute atomic E-state index is 12.4. The first-order valence-electron chi connectivity index (χ1n) is 9.38. The van der Waals surface area contributed by atoms with Crippen LogP contribution in [0, 0.1) is 0 Å². The van der Waals surface area contributed by atoms with Crippen LogP contribution in [0.4, 0.5) is 5.69 Å². The summed E-state index contributed by atoms with van der Waals surface area (Å²) in [5.41, 5.74) is 6.64. The van der Waals surface area contributed by atoms with Crippen molar-refractivity contribution in [1.82, 2.24) is 16.0 Å². The predicted octanol–water partition coefficient (Wildman–Crippen LogP) is 2.33. The lowest BCUT2D eigenvalue weighted by molar-refractivity contribution is -0.122. The van der Waals surface area contributed by atoms with Gasteiger partial charge in [-0.05, 0) is 55.0 Å². The third-order valence-corrected chi connectivity index (χ3v) is 5.03. The molecule has 7 nitrogen and oxygen atoms in total. The van der Waals surface area contributed by atoms with Crippen molar-refractivity contribution < 1.29 is 14.4 Å². The van der Waals surface area contributed by atoms with Gasteiger partial charge in [0.15, 0.2) is 0 Å². The van der Waals surface area contributed by atoms with Crippen LogP contribution in [0.15, 0.2) is 54.4 Å². The molecule has 8 heteroatoms. The molecule has 1 heterocycles. The summed E-state index contributed by atoms with van der Waals surface area (Å²) in [5.74, 6) is -0.706. The van der Waals surface area contributed by atoms with Crippen molar-refractivity contribution in [2.24, 2.45) is 0 Å². The summed E-state index contributed by atoms with van der Waals surface area (Å²) in [4.78, 5) is 37.4. The van der Waals surface area contributed by atoms with Crippen LogP contribution in [0.3, 0.4) is 0 Å². The molecule has 1 atom stereocenters. The molecular weight excluding hydrogens is 388 g/mol. The molecule has 2 aromatic rings. The Labute approximate surface area is 174 Å². The highest BCUT2D eigenvalue weighted by Crippen LogP contribution is 2.09. The van der Waals surface area contributed by atoms with Gasteiger partial charge in [-0.2, -0.15) is 0 Å². The van der Waals surface area contributed by atoms with Crippen LogP contribution in [0.2, 0.25) is 0 Å². The van der Waals surface area contributed by atoms with Crippen molar-refractivity contribution in [1.29, 1.82) is 0 Å². The van der Waals surface area contributed by atoms with Gasteiger partial charge in [-0.3, -0.25) is 14.4 Å². The number of nitrogens with two attached hydrogens (primary N) is 1. The standard InChI is InChI=1S/C21H26N4O3S/c1-2-12-23-20(27)17(25-19(26)15-8-10-16(22)11-9-15)6-3-4-13-24-21(28)18-7-5-14-29-18/h2,5,7-11,14,17H,1,3-4,6,12-13,22H2,(H,23,27)(H,24,28)(H,25,26). The minimum atomic E-state index is -0.673. The predicted molar refractivity (Wildman–Crippen MR) is 116 cm³/mol. The van der Waals surface area contributed by atoms with Crippen LogP contribution >= 0.6 is 11.3 Å². The molecule has 0 aliphatic rings. The quantitative estimate of drug-likeness (QED) is 0.257. The second-order valence-electron chi connectivity index (χ2n) is 6.41. The van der Waals surface area contributed by atoms with Gasteiger partial charge >= 0.3 is 0 Å². The molecule has 0 radical (unpaired) electrons. The Kier molecular flexibility index (Phi) is 8.91. The number of nitrogens with one attached hydrogen (secondary N) is 3. The van der Waals surface area contributed by atoms with E-state index >= 15 is 0 Å². The number of anilines is 1. The number of hydrogen-bond donors (Lipinski definition) is 4. The topological polar surface area (TPSA) is 113 Å². The van der Waals surface area contributed by atoms with E-state index in [9.17, 15) is 14.4 Å². The normalized spacial score (nSPS) is 11.3. The Bertz CT molecular complexity index is 819. The minimum absolute atomic E-state index is 0.100. The van der Waals surface area contributed by atoms with E-state index in [1.165, 1.54) is 11.3 Å². The van der Waals surface area contributed by atoms with Gasteiger partial charge in [-0.1, -0.05) is 12.1 Å². The lowest BCUT2D eigenvalue weighted by Gasteiger charge is -2.18. The number of benzene rings is 1. The molecule has 1 aromatic carbocycles. The number of carbonyl (C=O) groups excluding carboxylic acids is 3. The molecule has 2 rings (SSSR count). The average molecular weight is 415 g/mol. The first kappa shape index (κ1) is 22.2. The highest BCUT2D eigenvalue weighted by Gasteiger charge is 2.20. The molecule has 0 aliphatic heterocycles. The average Bonchev–Trinajstić information content (AvgIpc) is 3.26. The minimum Gasteiger partial charge on any atom is -0.399 e. The van der Waals surface area contributed by atoms with Crippen LogP contribution in [-0.4, -0.2) is 36.9 Å². The number of thiophene rings is 1. The molecule has 0 spiro atoms. The molecule has 0 aliphatic carbocycles. The van der Waals surface area contributed by atoms with Gasteiger partial charge in [-0.25, -0.2) is 0 Å². The monoisotopic (exact) mass is 414 g/mol. The zero-order valence-electron chi connectivity index (χ0n) is 16.1. The van der Waals surface area contributed by atoms with Crippen LogP contribution in [0.1, 0.15) is 39.3 Å². The van der Waals surface area contributed by atoms with E-state index in [0.29, 0.717) is 48.5 Å². The zero-order valence-corrected chi connectivity index (χ0v) is 17.0. The van der Waals surface area contributed by atoms with Gasteiger partial charge in [0.2, 0.25) is 5.91 Å². The smallest absolute Gasteiger partial charge is 0.261 e. The third-order valence-electron chi connectivity index (χ3n) is 4.17. The summed E-state index contributed by atoms with van der Waals surface area (Å²) in [6.45, 7) is 4.41. The SMILES string of the molecule is C=CCNC(=O)C(CCCCNC(=O)c1cccs1)NC(=O)c1ccc(N)cc1. The molecule has 154 valence electrons. The third kappa shape index (κ3) is 7.42. The number of hydrogen-bond acceptors (Lipinski definition) is 5. The fraction of sp³-hybridized carbons (Fsp3) is 0.286. The molecule has 0 saturated heterocycles. The Hall–Kier alpha value is -3.13. The Balaban J connectivity index is 1.84. The maximum Gasteiger partial charge on any atom is 0.261 e. The van der Waals surface area contributed by atoms with Crippen LogP contribution in [0.5, 0.6) is 0 Å². The molecule has 1 unspecified atom stereocenters. The number of unbranched alkanes of at least 4 members (excludes halogenated alkanes) is 1. The van der Waals surface area contributed by atoms with E-state index in [1.807, 2.05) is 11.4 Å². The van der Waals surface area contributed by atoms with Crippen molar-refractivity contribution in [3.05, 3.63) is 64.9 Å². The maximum atomic E-state index is 12.4. The van der Waals surface area contributed by atoms with Crippen molar-refractivity contribution >= 4 is 34.7 Å². The van der Waals surface area contributed by atoms with Crippen LogP contribution in [-0.2, 0) is 4.79 Å². The summed E-state index contributed by atoms with van der Waals surface area (Å²) >= 11 is 1.39. The summed E-state index contributed by atoms with van der Waals surface area (Å²) in [6.07, 6.45) is 3.40. The molecule has 3 amide bonds. The molecular formula is C21H26N4O3S. The lowest BCUT2D eigenvalue weighted by atomic mass is 10.1. The number of amides is 3. The molecule has 5 N–H and O–H groups in total. The van der Waals surface area contributed by atoms with E-state index in [4.69, 9.17) is 5.73 Å². The summed E-state index contributed by atoms with van der Waals surface area (Å²) < 4.78 is 0. The second kappa shape index (κ2) is 11.7. The first-order chi connectivity index (χ1) is 14.0. The van der Waals surface area contributed by atoms with Gasteiger partial charge in [0, 0.05) is 24.3 Å². The second-order valence-corrected chi connectivity index (χ2v) is 7.36. The molecule has 0 bridgehead atoms. The van der Waals surface area contributed by atoms with E-state index in [0.717, 1.165) is 0 Å².